The third kappa shape index (κ3) is 4.88. The van der Waals surface area contributed by atoms with Crippen LogP contribution < -0.4 is 4.74 Å². The van der Waals surface area contributed by atoms with Gasteiger partial charge in [-0.25, -0.2) is 4.79 Å². The number of carbonyl (C=O) groups is 3. The summed E-state index contributed by atoms with van der Waals surface area (Å²) >= 11 is 10.4. The lowest BCUT2D eigenvalue weighted by atomic mass is 10.2. The van der Waals surface area contributed by atoms with Gasteiger partial charge in [0.2, 0.25) is 0 Å². The molecule has 2 aromatic carbocycles. The maximum Gasteiger partial charge on any atom is 0.328 e. The van der Waals surface area contributed by atoms with E-state index in [1.165, 1.54) is 14.0 Å². The average Bonchev–Trinajstić information content (AvgIpc) is 3.00. The number of imide groups is 1. The summed E-state index contributed by atoms with van der Waals surface area (Å²) in [5.74, 6) is -0.570. The Balaban J connectivity index is 1.74. The van der Waals surface area contributed by atoms with Crippen LogP contribution >= 0.6 is 39.3 Å². The van der Waals surface area contributed by atoms with Crippen LogP contribution in [0.25, 0.3) is 6.08 Å². The van der Waals surface area contributed by atoms with Crippen molar-refractivity contribution in [2.75, 3.05) is 7.11 Å². The second kappa shape index (κ2) is 9.68. The van der Waals surface area contributed by atoms with Gasteiger partial charge in [0.05, 0.1) is 16.5 Å². The van der Waals surface area contributed by atoms with Gasteiger partial charge < -0.3 is 9.47 Å². The maximum absolute atomic E-state index is 12.6. The quantitative estimate of drug-likeness (QED) is 0.389. The number of thioether (sulfide) groups is 1. The van der Waals surface area contributed by atoms with Gasteiger partial charge in [-0.15, -0.1) is 0 Å². The highest BCUT2D eigenvalue weighted by atomic mass is 79.9. The molecule has 1 heterocycles. The monoisotopic (exact) mass is 509 g/mol. The molecule has 3 rings (SSSR count). The van der Waals surface area contributed by atoms with E-state index in [1.807, 2.05) is 18.2 Å². The van der Waals surface area contributed by atoms with E-state index in [-0.39, 0.29) is 4.91 Å². The number of carbonyl (C=O) groups excluding carboxylic acids is 3. The topological polar surface area (TPSA) is 72.9 Å². The van der Waals surface area contributed by atoms with Gasteiger partial charge in [0.25, 0.3) is 11.1 Å². The van der Waals surface area contributed by atoms with Gasteiger partial charge in [-0.05, 0) is 64.5 Å². The summed E-state index contributed by atoms with van der Waals surface area (Å²) in [6, 6.07) is 11.7. The molecular formula is C21H17BrClNO5S. The molecule has 1 fully saturated rings. The molecule has 1 aliphatic rings. The highest BCUT2D eigenvalue weighted by Gasteiger charge is 2.41. The first kappa shape index (κ1) is 22.4. The minimum absolute atomic E-state index is 0.229. The van der Waals surface area contributed by atoms with Crippen LogP contribution in [0.1, 0.15) is 18.1 Å². The van der Waals surface area contributed by atoms with Crippen LogP contribution in [0.4, 0.5) is 4.79 Å². The van der Waals surface area contributed by atoms with Crippen LogP contribution in [0.5, 0.6) is 5.75 Å². The molecule has 0 aliphatic carbocycles. The molecule has 156 valence electrons. The zero-order valence-corrected chi connectivity index (χ0v) is 19.2. The summed E-state index contributed by atoms with van der Waals surface area (Å²) in [6.07, 6.45) is 1.59. The Morgan fingerprint density at radius 2 is 2.00 bits per heavy atom. The molecule has 0 saturated carbocycles. The number of halogens is 2. The molecule has 6 nitrogen and oxygen atoms in total. The van der Waals surface area contributed by atoms with Crippen LogP contribution in [0.15, 0.2) is 51.8 Å². The second-order valence-corrected chi connectivity index (χ2v) is 8.58. The van der Waals surface area contributed by atoms with E-state index in [0.29, 0.717) is 27.4 Å². The molecule has 0 aromatic heterocycles. The Morgan fingerprint density at radius 1 is 1.27 bits per heavy atom. The SMILES string of the molecule is COC(=O)[C@H](C)N1C(=O)S/C(=C/c2ccc(OCc3ccccc3Cl)c(Br)c2)C1=O. The Morgan fingerprint density at radius 3 is 2.67 bits per heavy atom. The van der Waals surface area contributed by atoms with Crippen LogP contribution in [-0.2, 0) is 20.9 Å². The van der Waals surface area contributed by atoms with Crippen LogP contribution in [0.2, 0.25) is 5.02 Å². The number of esters is 1. The fourth-order valence-corrected chi connectivity index (χ4v) is 4.35. The highest BCUT2D eigenvalue weighted by molar-refractivity contribution is 9.10. The molecule has 0 N–H and O–H groups in total. The largest absolute Gasteiger partial charge is 0.488 e. The molecule has 1 aliphatic heterocycles. The van der Waals surface area contributed by atoms with E-state index >= 15 is 0 Å². The summed E-state index contributed by atoms with van der Waals surface area (Å²) in [5, 5.41) is 0.116. The van der Waals surface area contributed by atoms with E-state index in [1.54, 1.807) is 30.3 Å². The average molecular weight is 511 g/mol. The number of ether oxygens (including phenoxy) is 2. The first-order chi connectivity index (χ1) is 14.3. The van der Waals surface area contributed by atoms with Gasteiger partial charge in [-0.3, -0.25) is 14.5 Å². The van der Waals surface area contributed by atoms with Gasteiger partial charge in [0, 0.05) is 10.6 Å². The van der Waals surface area contributed by atoms with Crippen molar-refractivity contribution in [2.24, 2.45) is 0 Å². The van der Waals surface area contributed by atoms with E-state index in [2.05, 4.69) is 20.7 Å². The summed E-state index contributed by atoms with van der Waals surface area (Å²) < 4.78 is 11.1. The molecule has 0 unspecified atom stereocenters. The smallest absolute Gasteiger partial charge is 0.328 e. The van der Waals surface area contributed by atoms with Gasteiger partial charge in [0.15, 0.2) is 0 Å². The maximum atomic E-state index is 12.6. The molecule has 1 atom stereocenters. The number of methoxy groups -OCH3 is 1. The van der Waals surface area contributed by atoms with Crippen LogP contribution in [0.3, 0.4) is 0 Å². The molecule has 0 bridgehead atoms. The van der Waals surface area contributed by atoms with Crippen molar-refractivity contribution < 1.29 is 23.9 Å². The lowest BCUT2D eigenvalue weighted by Gasteiger charge is -2.18. The molecule has 1 saturated heterocycles. The minimum atomic E-state index is -0.985. The zero-order chi connectivity index (χ0) is 21.8. The normalized spacial score (nSPS) is 16.1. The molecular weight excluding hydrogens is 494 g/mol. The van der Waals surface area contributed by atoms with Gasteiger partial charge >= 0.3 is 5.97 Å². The van der Waals surface area contributed by atoms with Crippen molar-refractivity contribution in [1.82, 2.24) is 4.90 Å². The van der Waals surface area contributed by atoms with Crippen molar-refractivity contribution in [3.05, 3.63) is 68.0 Å². The number of rotatable bonds is 6. The lowest BCUT2D eigenvalue weighted by Crippen LogP contribution is -2.42. The second-order valence-electron chi connectivity index (χ2n) is 6.32. The Labute approximate surface area is 191 Å². The number of hydrogen-bond acceptors (Lipinski definition) is 6. The lowest BCUT2D eigenvalue weighted by molar-refractivity contribution is -0.148. The van der Waals surface area contributed by atoms with Gasteiger partial charge in [-0.2, -0.15) is 0 Å². The number of hydrogen-bond donors (Lipinski definition) is 0. The first-order valence-electron chi connectivity index (χ1n) is 8.82. The fraction of sp³-hybridized carbons (Fsp3) is 0.190. The predicted octanol–water partition coefficient (Wildman–Crippen LogP) is 5.28. The van der Waals surface area contributed by atoms with Crippen molar-refractivity contribution in [3.8, 4) is 5.75 Å². The molecule has 30 heavy (non-hydrogen) atoms. The predicted molar refractivity (Wildman–Crippen MR) is 119 cm³/mol. The molecule has 2 amide bonds. The van der Waals surface area contributed by atoms with E-state index in [0.717, 1.165) is 22.2 Å². The van der Waals surface area contributed by atoms with E-state index in [9.17, 15) is 14.4 Å². The zero-order valence-electron chi connectivity index (χ0n) is 16.1. The standard InChI is InChI=1S/C21H17BrClNO5S/c1-12(20(26)28-2)24-19(25)18(30-21(24)27)10-13-7-8-17(15(22)9-13)29-11-14-5-3-4-6-16(14)23/h3-10,12H,11H2,1-2H3/b18-10+/t12-/m0/s1. The third-order valence-electron chi connectivity index (χ3n) is 4.35. The van der Waals surface area contributed by atoms with Crippen molar-refractivity contribution in [2.45, 2.75) is 19.6 Å². The Hall–Kier alpha value is -2.29. The number of benzene rings is 2. The van der Waals surface area contributed by atoms with E-state index < -0.39 is 23.2 Å². The van der Waals surface area contributed by atoms with Crippen LogP contribution in [0, 0.1) is 0 Å². The Bertz CT molecular complexity index is 1040. The molecule has 2 aromatic rings. The minimum Gasteiger partial charge on any atom is -0.488 e. The summed E-state index contributed by atoms with van der Waals surface area (Å²) in [4.78, 5) is 37.6. The van der Waals surface area contributed by atoms with Crippen LogP contribution in [-0.4, -0.2) is 35.2 Å². The summed E-state index contributed by atoms with van der Waals surface area (Å²) in [5.41, 5.74) is 1.56. The van der Waals surface area contributed by atoms with Gasteiger partial charge in [0.1, 0.15) is 18.4 Å². The number of amides is 2. The van der Waals surface area contributed by atoms with Crippen molar-refractivity contribution in [1.29, 1.82) is 0 Å². The summed E-state index contributed by atoms with van der Waals surface area (Å²) in [6.45, 7) is 1.76. The first-order valence-corrected chi connectivity index (χ1v) is 10.8. The van der Waals surface area contributed by atoms with Crippen molar-refractivity contribution >= 4 is 62.5 Å². The highest BCUT2D eigenvalue weighted by Crippen LogP contribution is 2.35. The molecule has 0 radical (unpaired) electrons. The molecule has 9 heteroatoms. The number of nitrogens with zero attached hydrogens (tertiary/aromatic N) is 1. The summed E-state index contributed by atoms with van der Waals surface area (Å²) in [7, 11) is 1.21. The Kier molecular flexibility index (Phi) is 7.23. The van der Waals surface area contributed by atoms with Crippen molar-refractivity contribution in [3.63, 3.8) is 0 Å². The fourth-order valence-electron chi connectivity index (χ4n) is 2.74. The van der Waals surface area contributed by atoms with E-state index in [4.69, 9.17) is 16.3 Å². The van der Waals surface area contributed by atoms with Gasteiger partial charge in [-0.1, -0.05) is 35.9 Å². The molecule has 0 spiro atoms. The third-order valence-corrected chi connectivity index (χ3v) is 6.22.